The molecule has 0 aliphatic carbocycles. The Morgan fingerprint density at radius 2 is 2.12 bits per heavy atom. The Morgan fingerprint density at radius 3 is 2.85 bits per heavy atom. The van der Waals surface area contributed by atoms with E-state index in [0.717, 1.165) is 26.5 Å². The van der Waals surface area contributed by atoms with E-state index >= 15 is 0 Å². The molecule has 0 aliphatic rings. The Bertz CT molecular complexity index is 900. The fraction of sp³-hybridized carbons (Fsp3) is 0.294. The number of para-hydroxylation sites is 1. The molecule has 134 valence electrons. The monoisotopic (exact) mass is 386 g/mol. The minimum absolute atomic E-state index is 0.589. The molecule has 0 saturated heterocycles. The second-order valence-corrected chi connectivity index (χ2v) is 7.55. The summed E-state index contributed by atoms with van der Waals surface area (Å²) in [7, 11) is 1.66. The highest BCUT2D eigenvalue weighted by molar-refractivity contribution is 8.00. The van der Waals surface area contributed by atoms with Gasteiger partial charge < -0.3 is 10.1 Å². The lowest BCUT2D eigenvalue weighted by atomic mass is 10.2. The molecule has 0 bridgehead atoms. The van der Waals surface area contributed by atoms with Crippen LogP contribution in [0.2, 0.25) is 0 Å². The number of aromatic nitrogens is 4. The van der Waals surface area contributed by atoms with E-state index in [1.807, 2.05) is 41.9 Å². The van der Waals surface area contributed by atoms with Crippen molar-refractivity contribution in [2.45, 2.75) is 17.0 Å². The standard InChI is InChI=1S/C17H18N6OS2/c1-12-14(10-18)15(23(22-12)13-6-4-3-5-7-13)11-25-17-21-20-16(26-17)19-8-9-24-2/h3-7H,8-9,11H2,1-2H3,(H,19,20). The summed E-state index contributed by atoms with van der Waals surface area (Å²) < 4.78 is 7.68. The van der Waals surface area contributed by atoms with E-state index in [1.165, 1.54) is 11.3 Å². The molecule has 2 aromatic heterocycles. The summed E-state index contributed by atoms with van der Waals surface area (Å²) in [6, 6.07) is 12.1. The predicted molar refractivity (Wildman–Crippen MR) is 103 cm³/mol. The van der Waals surface area contributed by atoms with Crippen molar-refractivity contribution in [2.24, 2.45) is 0 Å². The van der Waals surface area contributed by atoms with Crippen LogP contribution in [0.5, 0.6) is 0 Å². The van der Waals surface area contributed by atoms with Gasteiger partial charge in [0, 0.05) is 19.4 Å². The van der Waals surface area contributed by atoms with Gasteiger partial charge in [-0.15, -0.1) is 10.2 Å². The van der Waals surface area contributed by atoms with Crippen LogP contribution >= 0.6 is 23.1 Å². The smallest absolute Gasteiger partial charge is 0.206 e. The van der Waals surface area contributed by atoms with Crippen molar-refractivity contribution in [1.82, 2.24) is 20.0 Å². The molecule has 0 amide bonds. The number of hydrogen-bond donors (Lipinski definition) is 1. The first-order valence-corrected chi connectivity index (χ1v) is 9.76. The predicted octanol–water partition coefficient (Wildman–Crippen LogP) is 3.25. The van der Waals surface area contributed by atoms with Gasteiger partial charge >= 0.3 is 0 Å². The van der Waals surface area contributed by atoms with Crippen LogP contribution in [0.3, 0.4) is 0 Å². The topological polar surface area (TPSA) is 88.7 Å². The number of methoxy groups -OCH3 is 1. The maximum absolute atomic E-state index is 9.52. The fourth-order valence-corrected chi connectivity index (χ4v) is 4.14. The van der Waals surface area contributed by atoms with E-state index in [-0.39, 0.29) is 0 Å². The minimum atomic E-state index is 0.589. The number of nitriles is 1. The van der Waals surface area contributed by atoms with Gasteiger partial charge in [0.25, 0.3) is 0 Å². The first-order valence-electron chi connectivity index (χ1n) is 7.96. The van der Waals surface area contributed by atoms with Gasteiger partial charge in [0.2, 0.25) is 5.13 Å². The molecule has 0 aliphatic heterocycles. The van der Waals surface area contributed by atoms with Crippen molar-refractivity contribution in [1.29, 1.82) is 5.26 Å². The lowest BCUT2D eigenvalue weighted by Crippen LogP contribution is -2.06. The van der Waals surface area contributed by atoms with E-state index in [9.17, 15) is 5.26 Å². The SMILES string of the molecule is COCCNc1nnc(SCc2c(C#N)c(C)nn2-c2ccccc2)s1. The summed E-state index contributed by atoms with van der Waals surface area (Å²) in [5.74, 6) is 0.589. The summed E-state index contributed by atoms with van der Waals surface area (Å²) in [5, 5.41) is 26.3. The molecule has 3 aromatic rings. The van der Waals surface area contributed by atoms with Gasteiger partial charge in [0.1, 0.15) is 6.07 Å². The van der Waals surface area contributed by atoms with Gasteiger partial charge in [-0.3, -0.25) is 0 Å². The normalized spacial score (nSPS) is 10.7. The molecule has 0 fully saturated rings. The van der Waals surface area contributed by atoms with Crippen LogP contribution in [-0.2, 0) is 10.5 Å². The van der Waals surface area contributed by atoms with Crippen molar-refractivity contribution < 1.29 is 4.74 Å². The largest absolute Gasteiger partial charge is 0.383 e. The number of rotatable bonds is 8. The van der Waals surface area contributed by atoms with Gasteiger partial charge in [-0.05, 0) is 19.1 Å². The second kappa shape index (κ2) is 8.80. The van der Waals surface area contributed by atoms with E-state index in [0.29, 0.717) is 24.5 Å². The van der Waals surface area contributed by atoms with Crippen molar-refractivity contribution in [3.05, 3.63) is 47.3 Å². The molecule has 0 saturated carbocycles. The van der Waals surface area contributed by atoms with Gasteiger partial charge in [-0.1, -0.05) is 41.3 Å². The lowest BCUT2D eigenvalue weighted by molar-refractivity contribution is 0.211. The van der Waals surface area contributed by atoms with Crippen molar-refractivity contribution in [2.75, 3.05) is 25.6 Å². The first kappa shape index (κ1) is 18.4. The molecule has 26 heavy (non-hydrogen) atoms. The van der Waals surface area contributed by atoms with Crippen LogP contribution in [0.25, 0.3) is 5.69 Å². The Morgan fingerprint density at radius 1 is 1.31 bits per heavy atom. The lowest BCUT2D eigenvalue weighted by Gasteiger charge is -2.06. The summed E-state index contributed by atoms with van der Waals surface area (Å²) >= 11 is 3.03. The van der Waals surface area contributed by atoms with Crippen LogP contribution in [0.15, 0.2) is 34.7 Å². The zero-order valence-corrected chi connectivity index (χ0v) is 16.1. The number of anilines is 1. The molecule has 1 N–H and O–H groups in total. The van der Waals surface area contributed by atoms with Crippen LogP contribution < -0.4 is 5.32 Å². The van der Waals surface area contributed by atoms with Gasteiger partial charge in [-0.2, -0.15) is 10.4 Å². The van der Waals surface area contributed by atoms with E-state index in [4.69, 9.17) is 4.74 Å². The minimum Gasteiger partial charge on any atom is -0.383 e. The van der Waals surface area contributed by atoms with Crippen LogP contribution in [0, 0.1) is 18.3 Å². The first-order chi connectivity index (χ1) is 12.7. The molecule has 0 radical (unpaired) electrons. The molecule has 3 rings (SSSR count). The molecular weight excluding hydrogens is 368 g/mol. The third kappa shape index (κ3) is 4.22. The summed E-state index contributed by atoms with van der Waals surface area (Å²) in [6.07, 6.45) is 0. The Kier molecular flexibility index (Phi) is 6.22. The van der Waals surface area contributed by atoms with Crippen LogP contribution in [0.4, 0.5) is 5.13 Å². The molecule has 1 aromatic carbocycles. The molecule has 2 heterocycles. The third-order valence-electron chi connectivity index (χ3n) is 3.59. The van der Waals surface area contributed by atoms with E-state index in [1.54, 1.807) is 18.9 Å². The molecule has 9 heteroatoms. The number of nitrogens with zero attached hydrogens (tertiary/aromatic N) is 5. The number of hydrogen-bond acceptors (Lipinski definition) is 8. The van der Waals surface area contributed by atoms with Crippen LogP contribution in [0.1, 0.15) is 17.0 Å². The average Bonchev–Trinajstić information content (AvgIpc) is 3.24. The fourth-order valence-electron chi connectivity index (χ4n) is 2.37. The summed E-state index contributed by atoms with van der Waals surface area (Å²) in [6.45, 7) is 3.16. The average molecular weight is 387 g/mol. The highest BCUT2D eigenvalue weighted by Gasteiger charge is 2.17. The summed E-state index contributed by atoms with van der Waals surface area (Å²) in [4.78, 5) is 0. The van der Waals surface area contributed by atoms with Gasteiger partial charge in [-0.25, -0.2) is 4.68 Å². The highest BCUT2D eigenvalue weighted by atomic mass is 32.2. The maximum Gasteiger partial charge on any atom is 0.206 e. The Labute approximate surface area is 160 Å². The number of thioether (sulfide) groups is 1. The zero-order chi connectivity index (χ0) is 18.4. The number of nitrogens with one attached hydrogen (secondary N) is 1. The van der Waals surface area contributed by atoms with E-state index < -0.39 is 0 Å². The molecule has 0 spiro atoms. The van der Waals surface area contributed by atoms with Crippen molar-refractivity contribution >= 4 is 28.2 Å². The van der Waals surface area contributed by atoms with Gasteiger partial charge in [0.15, 0.2) is 4.34 Å². The molecular formula is C17H18N6OS2. The third-order valence-corrected chi connectivity index (χ3v) is 5.62. The Balaban J connectivity index is 1.77. The van der Waals surface area contributed by atoms with Gasteiger partial charge in [0.05, 0.1) is 29.2 Å². The maximum atomic E-state index is 9.52. The zero-order valence-electron chi connectivity index (χ0n) is 14.5. The quantitative estimate of drug-likeness (QED) is 0.469. The van der Waals surface area contributed by atoms with E-state index in [2.05, 4.69) is 26.7 Å². The van der Waals surface area contributed by atoms with Crippen molar-refractivity contribution in [3.63, 3.8) is 0 Å². The highest BCUT2D eigenvalue weighted by Crippen LogP contribution is 2.30. The van der Waals surface area contributed by atoms with Crippen LogP contribution in [-0.4, -0.2) is 40.2 Å². The number of ether oxygens (including phenoxy) is 1. The number of aryl methyl sites for hydroxylation is 1. The number of benzene rings is 1. The van der Waals surface area contributed by atoms with Crippen molar-refractivity contribution in [3.8, 4) is 11.8 Å². The Hall–Kier alpha value is -2.41. The molecule has 7 nitrogen and oxygen atoms in total. The summed E-state index contributed by atoms with van der Waals surface area (Å²) in [5.41, 5.74) is 3.15. The molecule has 0 unspecified atom stereocenters. The molecule has 0 atom stereocenters. The second-order valence-electron chi connectivity index (χ2n) is 5.35.